The smallest absolute Gasteiger partial charge is 0.149 e. The summed E-state index contributed by atoms with van der Waals surface area (Å²) in [6, 6.07) is 6.25. The van der Waals surface area contributed by atoms with Crippen LogP contribution < -0.4 is 4.90 Å². The summed E-state index contributed by atoms with van der Waals surface area (Å²) in [4.78, 5) is 21.7. The van der Waals surface area contributed by atoms with E-state index in [9.17, 15) is 10.5 Å². The Balaban J connectivity index is 1.46. The molecule has 0 spiro atoms. The number of rotatable bonds is 8. The van der Waals surface area contributed by atoms with Gasteiger partial charge in [-0.2, -0.15) is 15.6 Å². The molecule has 0 radical (unpaired) electrons. The number of nitrogens with one attached hydrogen (secondary N) is 1. The molecule has 4 aromatic rings. The molecular formula is C21H20N10. The van der Waals surface area contributed by atoms with Gasteiger partial charge < -0.3 is 9.88 Å². The van der Waals surface area contributed by atoms with E-state index in [0.717, 1.165) is 35.1 Å². The summed E-state index contributed by atoms with van der Waals surface area (Å²) in [6.45, 7) is 0.692. The molecular weight excluding hydrogens is 392 g/mol. The highest BCUT2D eigenvalue weighted by Crippen LogP contribution is 2.26. The SMILES string of the molecule is CN(CCC[C@H](CC#N)n1cc(-c2ncnc3[nH]ccc23)cn1)c1ncncc1C#N. The van der Waals surface area contributed by atoms with E-state index in [1.807, 2.05) is 35.1 Å². The molecule has 4 heterocycles. The number of aromatic amines is 1. The largest absolute Gasteiger partial charge is 0.358 e. The summed E-state index contributed by atoms with van der Waals surface area (Å²) in [5, 5.41) is 24.0. The molecule has 0 amide bonds. The lowest BCUT2D eigenvalue weighted by molar-refractivity contribution is 0.421. The topological polar surface area (TPSA) is 136 Å². The van der Waals surface area contributed by atoms with Crippen LogP contribution in [-0.2, 0) is 0 Å². The third kappa shape index (κ3) is 4.19. The number of aromatic nitrogens is 7. The van der Waals surface area contributed by atoms with Gasteiger partial charge >= 0.3 is 0 Å². The first-order valence-electron chi connectivity index (χ1n) is 9.82. The fourth-order valence-electron chi connectivity index (χ4n) is 3.57. The molecule has 0 saturated carbocycles. The van der Waals surface area contributed by atoms with Gasteiger partial charge in [0.2, 0.25) is 0 Å². The van der Waals surface area contributed by atoms with Crippen molar-refractivity contribution >= 4 is 16.9 Å². The van der Waals surface area contributed by atoms with Crippen molar-refractivity contribution in [1.82, 2.24) is 34.7 Å². The van der Waals surface area contributed by atoms with Crippen molar-refractivity contribution in [2.75, 3.05) is 18.5 Å². The highest BCUT2D eigenvalue weighted by molar-refractivity contribution is 5.89. The third-order valence-corrected chi connectivity index (χ3v) is 5.13. The van der Waals surface area contributed by atoms with E-state index in [-0.39, 0.29) is 6.04 Å². The van der Waals surface area contributed by atoms with E-state index in [4.69, 9.17) is 0 Å². The number of hydrogen-bond acceptors (Lipinski definition) is 8. The molecule has 4 rings (SSSR count). The summed E-state index contributed by atoms with van der Waals surface area (Å²) in [6.07, 6.45) is 11.9. The van der Waals surface area contributed by atoms with Crippen molar-refractivity contribution in [1.29, 1.82) is 10.5 Å². The molecule has 0 aliphatic rings. The van der Waals surface area contributed by atoms with Gasteiger partial charge in [-0.05, 0) is 18.9 Å². The third-order valence-electron chi connectivity index (χ3n) is 5.13. The van der Waals surface area contributed by atoms with E-state index in [0.29, 0.717) is 24.3 Å². The predicted octanol–water partition coefficient (Wildman–Crippen LogP) is 2.85. The summed E-state index contributed by atoms with van der Waals surface area (Å²) < 4.78 is 1.84. The van der Waals surface area contributed by atoms with Crippen LogP contribution in [-0.4, -0.2) is 48.3 Å². The zero-order valence-electron chi connectivity index (χ0n) is 17.0. The molecule has 31 heavy (non-hydrogen) atoms. The van der Waals surface area contributed by atoms with Crippen molar-refractivity contribution in [3.8, 4) is 23.4 Å². The van der Waals surface area contributed by atoms with Crippen LogP contribution in [0.3, 0.4) is 0 Å². The van der Waals surface area contributed by atoms with Crippen LogP contribution in [0.2, 0.25) is 0 Å². The maximum Gasteiger partial charge on any atom is 0.149 e. The normalized spacial score (nSPS) is 11.7. The lowest BCUT2D eigenvalue weighted by Gasteiger charge is -2.20. The molecule has 1 N–H and O–H groups in total. The van der Waals surface area contributed by atoms with E-state index < -0.39 is 0 Å². The van der Waals surface area contributed by atoms with Crippen LogP contribution in [0.4, 0.5) is 5.82 Å². The van der Waals surface area contributed by atoms with Crippen LogP contribution in [0, 0.1) is 22.7 Å². The van der Waals surface area contributed by atoms with Crippen LogP contribution in [0.5, 0.6) is 0 Å². The summed E-state index contributed by atoms with van der Waals surface area (Å²) >= 11 is 0. The molecule has 0 saturated heterocycles. The molecule has 1 atom stereocenters. The van der Waals surface area contributed by atoms with Crippen molar-refractivity contribution in [2.24, 2.45) is 0 Å². The molecule has 10 heteroatoms. The number of nitriles is 2. The minimum absolute atomic E-state index is 0.0588. The minimum atomic E-state index is -0.0588. The molecule has 4 aromatic heterocycles. The first kappa shape index (κ1) is 20.0. The van der Waals surface area contributed by atoms with Crippen molar-refractivity contribution in [2.45, 2.75) is 25.3 Å². The molecule has 0 aromatic carbocycles. The molecule has 0 bridgehead atoms. The lowest BCUT2D eigenvalue weighted by atomic mass is 10.1. The fraction of sp³-hybridized carbons (Fsp3) is 0.286. The number of hydrogen-bond donors (Lipinski definition) is 1. The van der Waals surface area contributed by atoms with Crippen LogP contribution in [0.25, 0.3) is 22.3 Å². The molecule has 0 fully saturated rings. The number of H-pyrrole nitrogens is 1. The first-order chi connectivity index (χ1) is 15.2. The second kappa shape index (κ2) is 9.01. The molecule has 0 unspecified atom stereocenters. The monoisotopic (exact) mass is 412 g/mol. The van der Waals surface area contributed by atoms with Gasteiger partial charge in [0.15, 0.2) is 0 Å². The Morgan fingerprint density at radius 2 is 2.10 bits per heavy atom. The Bertz CT molecular complexity index is 1260. The van der Waals surface area contributed by atoms with Gasteiger partial charge in [-0.1, -0.05) is 0 Å². The summed E-state index contributed by atoms with van der Waals surface area (Å²) in [7, 11) is 1.89. The van der Waals surface area contributed by atoms with E-state index in [2.05, 4.69) is 42.2 Å². The van der Waals surface area contributed by atoms with Gasteiger partial charge in [0.25, 0.3) is 0 Å². The standard InChI is InChI=1S/C21H20N10/c1-30(21-15(9-23)10-24-13-28-21)8-2-3-17(4-6-22)31-12-16(11-29-31)19-18-5-7-25-20(18)27-14-26-19/h5,7,10-14,17H,2-4,8H2,1H3,(H,25,26,27)/t17-/m1/s1. The van der Waals surface area contributed by atoms with Gasteiger partial charge in [-0.15, -0.1) is 0 Å². The Labute approximate surface area is 178 Å². The highest BCUT2D eigenvalue weighted by Gasteiger charge is 2.16. The number of anilines is 1. The zero-order valence-corrected chi connectivity index (χ0v) is 17.0. The van der Waals surface area contributed by atoms with E-state index in [1.165, 1.54) is 18.9 Å². The maximum absolute atomic E-state index is 9.31. The van der Waals surface area contributed by atoms with E-state index >= 15 is 0 Å². The van der Waals surface area contributed by atoms with Gasteiger partial charge in [0, 0.05) is 36.9 Å². The Morgan fingerprint density at radius 1 is 1.19 bits per heavy atom. The van der Waals surface area contributed by atoms with Gasteiger partial charge in [-0.3, -0.25) is 4.68 Å². The van der Waals surface area contributed by atoms with Crippen LogP contribution >= 0.6 is 0 Å². The highest BCUT2D eigenvalue weighted by atomic mass is 15.3. The molecule has 0 aliphatic carbocycles. The quantitative estimate of drug-likeness (QED) is 0.466. The number of nitrogens with zero attached hydrogens (tertiary/aromatic N) is 9. The predicted molar refractivity (Wildman–Crippen MR) is 114 cm³/mol. The van der Waals surface area contributed by atoms with Gasteiger partial charge in [0.05, 0.1) is 36.6 Å². The minimum Gasteiger partial charge on any atom is -0.358 e. The zero-order chi connectivity index (χ0) is 21.6. The summed E-state index contributed by atoms with van der Waals surface area (Å²) in [5.41, 5.74) is 2.90. The van der Waals surface area contributed by atoms with Crippen LogP contribution in [0.1, 0.15) is 30.9 Å². The average molecular weight is 412 g/mol. The van der Waals surface area contributed by atoms with Crippen molar-refractivity contribution in [3.63, 3.8) is 0 Å². The summed E-state index contributed by atoms with van der Waals surface area (Å²) in [5.74, 6) is 0.606. The second-order valence-corrected chi connectivity index (χ2v) is 7.12. The molecule has 10 nitrogen and oxygen atoms in total. The fourth-order valence-corrected chi connectivity index (χ4v) is 3.57. The lowest BCUT2D eigenvalue weighted by Crippen LogP contribution is -2.22. The van der Waals surface area contributed by atoms with Crippen molar-refractivity contribution < 1.29 is 0 Å². The van der Waals surface area contributed by atoms with Crippen LogP contribution in [0.15, 0.2) is 43.5 Å². The Kier molecular flexibility index (Phi) is 5.81. The molecule has 0 aliphatic heterocycles. The first-order valence-corrected chi connectivity index (χ1v) is 9.82. The van der Waals surface area contributed by atoms with Crippen molar-refractivity contribution in [3.05, 3.63) is 49.1 Å². The van der Waals surface area contributed by atoms with E-state index in [1.54, 1.807) is 6.20 Å². The number of fused-ring (bicyclic) bond motifs is 1. The molecule has 154 valence electrons. The average Bonchev–Trinajstić information content (AvgIpc) is 3.48. The Hall–Kier alpha value is -4.31. The Morgan fingerprint density at radius 3 is 2.94 bits per heavy atom. The van der Waals surface area contributed by atoms with Gasteiger partial charge in [0.1, 0.15) is 35.8 Å². The maximum atomic E-state index is 9.31. The van der Waals surface area contributed by atoms with Gasteiger partial charge in [-0.25, -0.2) is 19.9 Å². The second-order valence-electron chi connectivity index (χ2n) is 7.12.